The SMILES string of the molecule is O=c1[nH]ccc2cc(NNCl)ncc12. The Morgan fingerprint density at radius 2 is 2.36 bits per heavy atom. The highest BCUT2D eigenvalue weighted by atomic mass is 35.5. The minimum atomic E-state index is -0.152. The lowest BCUT2D eigenvalue weighted by molar-refractivity contribution is 1.14. The van der Waals surface area contributed by atoms with Crippen molar-refractivity contribution < 1.29 is 0 Å². The van der Waals surface area contributed by atoms with Crippen LogP contribution in [0.4, 0.5) is 5.82 Å². The number of nitrogens with one attached hydrogen (secondary N) is 3. The number of aromatic amines is 1. The fourth-order valence-corrected chi connectivity index (χ4v) is 1.30. The Labute approximate surface area is 84.2 Å². The first-order valence-electron chi connectivity index (χ1n) is 3.90. The highest BCUT2D eigenvalue weighted by Crippen LogP contribution is 2.11. The molecule has 5 nitrogen and oxygen atoms in total. The third kappa shape index (κ3) is 1.55. The summed E-state index contributed by atoms with van der Waals surface area (Å²) in [4.78, 5) is 20.1. The molecule has 0 aromatic carbocycles. The second-order valence-corrected chi connectivity index (χ2v) is 2.87. The number of anilines is 1. The number of nitrogens with zero attached hydrogens (tertiary/aromatic N) is 1. The van der Waals surface area contributed by atoms with Crippen LogP contribution in [0.1, 0.15) is 0 Å². The van der Waals surface area contributed by atoms with Crippen molar-refractivity contribution >= 4 is 28.4 Å². The zero-order chi connectivity index (χ0) is 9.97. The molecule has 0 spiro atoms. The van der Waals surface area contributed by atoms with E-state index in [9.17, 15) is 4.79 Å². The van der Waals surface area contributed by atoms with Gasteiger partial charge in [0.15, 0.2) is 0 Å². The fourth-order valence-electron chi connectivity index (χ4n) is 1.20. The molecule has 0 aliphatic carbocycles. The van der Waals surface area contributed by atoms with Crippen molar-refractivity contribution in [2.75, 3.05) is 5.43 Å². The van der Waals surface area contributed by atoms with Gasteiger partial charge in [0.1, 0.15) is 5.82 Å². The van der Waals surface area contributed by atoms with Crippen molar-refractivity contribution in [2.24, 2.45) is 0 Å². The lowest BCUT2D eigenvalue weighted by Crippen LogP contribution is -2.11. The first-order chi connectivity index (χ1) is 6.81. The summed E-state index contributed by atoms with van der Waals surface area (Å²) in [6.45, 7) is 0. The minimum Gasteiger partial charge on any atom is -0.329 e. The molecule has 0 aliphatic heterocycles. The molecule has 3 N–H and O–H groups in total. The van der Waals surface area contributed by atoms with E-state index in [0.29, 0.717) is 11.2 Å². The first kappa shape index (κ1) is 8.98. The van der Waals surface area contributed by atoms with Crippen LogP contribution in [0.5, 0.6) is 0 Å². The predicted octanol–water partition coefficient (Wildman–Crippen LogP) is 0.993. The summed E-state index contributed by atoms with van der Waals surface area (Å²) in [5, 5.41) is 1.35. The van der Waals surface area contributed by atoms with Gasteiger partial charge in [-0.3, -0.25) is 10.2 Å². The van der Waals surface area contributed by atoms with Gasteiger partial charge in [-0.25, -0.2) is 4.98 Å². The van der Waals surface area contributed by atoms with Gasteiger partial charge in [0.05, 0.1) is 5.39 Å². The van der Waals surface area contributed by atoms with Crippen molar-refractivity contribution in [1.29, 1.82) is 0 Å². The number of rotatable bonds is 2. The van der Waals surface area contributed by atoms with Gasteiger partial charge in [0.2, 0.25) is 0 Å². The number of pyridine rings is 2. The van der Waals surface area contributed by atoms with E-state index in [2.05, 4.69) is 20.3 Å². The first-order valence-corrected chi connectivity index (χ1v) is 4.28. The number of halogens is 1. The molecule has 0 unspecified atom stereocenters. The van der Waals surface area contributed by atoms with Crippen LogP contribution in [0.25, 0.3) is 10.8 Å². The van der Waals surface area contributed by atoms with E-state index in [-0.39, 0.29) is 5.56 Å². The molecular formula is C8H7ClN4O. The van der Waals surface area contributed by atoms with Gasteiger partial charge < -0.3 is 4.98 Å². The van der Waals surface area contributed by atoms with Crippen LogP contribution in [0.15, 0.2) is 29.3 Å². The van der Waals surface area contributed by atoms with Crippen LogP contribution in [-0.2, 0) is 0 Å². The van der Waals surface area contributed by atoms with E-state index >= 15 is 0 Å². The second kappa shape index (κ2) is 3.65. The van der Waals surface area contributed by atoms with E-state index in [4.69, 9.17) is 11.8 Å². The average molecular weight is 211 g/mol. The maximum atomic E-state index is 11.3. The highest BCUT2D eigenvalue weighted by Gasteiger charge is 1.99. The summed E-state index contributed by atoms with van der Waals surface area (Å²) in [6.07, 6.45) is 3.08. The molecule has 72 valence electrons. The van der Waals surface area contributed by atoms with E-state index < -0.39 is 0 Å². The lowest BCUT2D eigenvalue weighted by Gasteiger charge is -2.02. The number of aromatic nitrogens is 2. The van der Waals surface area contributed by atoms with E-state index in [1.54, 1.807) is 18.3 Å². The standard InChI is InChI=1S/C8H7ClN4O/c9-13-12-7-3-5-1-2-10-8(14)6(5)4-11-7/h1-4,13H,(H,10,14)(H,11,12). The summed E-state index contributed by atoms with van der Waals surface area (Å²) >= 11 is 5.25. The third-order valence-electron chi connectivity index (χ3n) is 1.83. The van der Waals surface area contributed by atoms with Gasteiger partial charge in [-0.15, -0.1) is 4.94 Å². The van der Waals surface area contributed by atoms with Crippen LogP contribution < -0.4 is 15.9 Å². The summed E-state index contributed by atoms with van der Waals surface area (Å²) < 4.78 is 0. The predicted molar refractivity (Wildman–Crippen MR) is 55.0 cm³/mol. The van der Waals surface area contributed by atoms with Crippen molar-refractivity contribution in [1.82, 2.24) is 14.9 Å². The maximum Gasteiger partial charge on any atom is 0.257 e. The molecule has 0 saturated heterocycles. The summed E-state index contributed by atoms with van der Waals surface area (Å²) in [6, 6.07) is 3.51. The molecule has 0 atom stereocenters. The van der Waals surface area contributed by atoms with Gasteiger partial charge in [0.25, 0.3) is 5.56 Å². The minimum absolute atomic E-state index is 0.152. The molecule has 2 heterocycles. The number of hydrogen-bond donors (Lipinski definition) is 3. The normalized spacial score (nSPS) is 10.4. The van der Waals surface area contributed by atoms with Crippen LogP contribution in [0.3, 0.4) is 0 Å². The number of hydrogen-bond acceptors (Lipinski definition) is 4. The van der Waals surface area contributed by atoms with Crippen LogP contribution >= 0.6 is 11.8 Å². The fraction of sp³-hybridized carbons (Fsp3) is 0. The Morgan fingerprint density at radius 3 is 3.14 bits per heavy atom. The van der Waals surface area contributed by atoms with Gasteiger partial charge in [-0.1, -0.05) is 0 Å². The number of fused-ring (bicyclic) bond motifs is 1. The second-order valence-electron chi connectivity index (χ2n) is 2.68. The van der Waals surface area contributed by atoms with E-state index in [1.165, 1.54) is 6.20 Å². The Bertz CT molecular complexity index is 510. The number of hydrazine groups is 1. The zero-order valence-corrected chi connectivity index (χ0v) is 7.80. The van der Waals surface area contributed by atoms with Crippen molar-refractivity contribution in [3.8, 4) is 0 Å². The molecule has 2 rings (SSSR count). The van der Waals surface area contributed by atoms with Gasteiger partial charge in [-0.05, 0) is 29.3 Å². The van der Waals surface area contributed by atoms with Gasteiger partial charge in [-0.2, -0.15) is 0 Å². The zero-order valence-electron chi connectivity index (χ0n) is 7.04. The van der Waals surface area contributed by atoms with Crippen LogP contribution in [-0.4, -0.2) is 9.97 Å². The third-order valence-corrected chi connectivity index (χ3v) is 1.93. The molecule has 0 bridgehead atoms. The highest BCUT2D eigenvalue weighted by molar-refractivity contribution is 6.13. The smallest absolute Gasteiger partial charge is 0.257 e. The quantitative estimate of drug-likeness (QED) is 0.511. The molecule has 0 radical (unpaired) electrons. The molecule has 2 aromatic rings. The molecule has 0 aliphatic rings. The summed E-state index contributed by atoms with van der Waals surface area (Å²) in [7, 11) is 0. The molecular weight excluding hydrogens is 204 g/mol. The summed E-state index contributed by atoms with van der Waals surface area (Å²) in [5.74, 6) is 0.554. The topological polar surface area (TPSA) is 69.8 Å². The Balaban J connectivity index is 2.61. The maximum absolute atomic E-state index is 11.3. The van der Waals surface area contributed by atoms with E-state index in [1.807, 2.05) is 0 Å². The molecule has 0 amide bonds. The Hall–Kier alpha value is -1.59. The Morgan fingerprint density at radius 1 is 1.50 bits per heavy atom. The lowest BCUT2D eigenvalue weighted by atomic mass is 10.2. The average Bonchev–Trinajstić information content (AvgIpc) is 2.18. The molecule has 14 heavy (non-hydrogen) atoms. The van der Waals surface area contributed by atoms with Crippen molar-refractivity contribution in [2.45, 2.75) is 0 Å². The van der Waals surface area contributed by atoms with Crippen LogP contribution in [0.2, 0.25) is 0 Å². The van der Waals surface area contributed by atoms with Crippen molar-refractivity contribution in [3.05, 3.63) is 34.9 Å². The summed E-state index contributed by atoms with van der Waals surface area (Å²) in [5.41, 5.74) is 2.46. The monoisotopic (exact) mass is 210 g/mol. The Kier molecular flexibility index (Phi) is 2.34. The van der Waals surface area contributed by atoms with Gasteiger partial charge in [0, 0.05) is 12.4 Å². The largest absolute Gasteiger partial charge is 0.329 e. The van der Waals surface area contributed by atoms with E-state index in [0.717, 1.165) is 5.39 Å². The molecule has 0 fully saturated rings. The molecule has 0 saturated carbocycles. The molecule has 6 heteroatoms. The van der Waals surface area contributed by atoms with Crippen molar-refractivity contribution in [3.63, 3.8) is 0 Å². The van der Waals surface area contributed by atoms with Gasteiger partial charge >= 0.3 is 0 Å². The molecule has 2 aromatic heterocycles. The van der Waals surface area contributed by atoms with Crippen LogP contribution in [0, 0.1) is 0 Å². The number of H-pyrrole nitrogens is 1.